The van der Waals surface area contributed by atoms with E-state index in [2.05, 4.69) is 39.5 Å². The van der Waals surface area contributed by atoms with Gasteiger partial charge in [-0.1, -0.05) is 13.3 Å². The number of hydrogen-bond donors (Lipinski definition) is 1. The Morgan fingerprint density at radius 2 is 2.19 bits per heavy atom. The first-order chi connectivity index (χ1) is 7.69. The van der Waals surface area contributed by atoms with Crippen LogP contribution in [0.2, 0.25) is 0 Å². The van der Waals surface area contributed by atoms with Crippen LogP contribution in [0.3, 0.4) is 0 Å². The lowest BCUT2D eigenvalue weighted by Gasteiger charge is -2.05. The summed E-state index contributed by atoms with van der Waals surface area (Å²) >= 11 is 2.06. The zero-order chi connectivity index (χ0) is 12.0. The zero-order valence-corrected chi connectivity index (χ0v) is 11.8. The van der Waals surface area contributed by atoms with E-state index in [9.17, 15) is 4.79 Å². The molecule has 0 aliphatic rings. The van der Waals surface area contributed by atoms with Gasteiger partial charge >= 0.3 is 0 Å². The summed E-state index contributed by atoms with van der Waals surface area (Å²) in [6.45, 7) is 2.78. The average Bonchev–Trinajstić information content (AvgIpc) is 2.26. The lowest BCUT2D eigenvalue weighted by atomic mass is 10.2. The van der Waals surface area contributed by atoms with Gasteiger partial charge in [0, 0.05) is 20.1 Å². The van der Waals surface area contributed by atoms with Gasteiger partial charge in [-0.25, -0.2) is 4.98 Å². The first kappa shape index (κ1) is 13.6. The van der Waals surface area contributed by atoms with E-state index in [0.29, 0.717) is 6.61 Å². The molecule has 1 aromatic heterocycles. The van der Waals surface area contributed by atoms with Crippen LogP contribution in [-0.4, -0.2) is 23.7 Å². The number of hydrogen-bond acceptors (Lipinski definition) is 3. The topological polar surface area (TPSA) is 55.0 Å². The standard InChI is InChI=1S/C11H17IN2O2/c1-3-5-8-10(12)11(15)14-9(13-8)6-4-7-16-2/h3-7H2,1-2H3,(H,13,14,15). The number of H-pyrrole nitrogens is 1. The first-order valence-electron chi connectivity index (χ1n) is 5.45. The molecule has 0 aromatic carbocycles. The smallest absolute Gasteiger partial charge is 0.264 e. The van der Waals surface area contributed by atoms with Gasteiger partial charge in [-0.05, 0) is 35.4 Å². The number of ether oxygens (including phenoxy) is 1. The van der Waals surface area contributed by atoms with Crippen molar-refractivity contribution >= 4 is 22.6 Å². The van der Waals surface area contributed by atoms with Crippen LogP contribution in [0, 0.1) is 3.57 Å². The Kier molecular flexibility index (Phi) is 5.97. The molecular formula is C11H17IN2O2. The van der Waals surface area contributed by atoms with Crippen molar-refractivity contribution in [3.8, 4) is 0 Å². The Bertz CT molecular complexity index is 390. The van der Waals surface area contributed by atoms with Gasteiger partial charge in [0.1, 0.15) is 5.82 Å². The van der Waals surface area contributed by atoms with Crippen LogP contribution in [-0.2, 0) is 17.6 Å². The molecule has 16 heavy (non-hydrogen) atoms. The highest BCUT2D eigenvalue weighted by atomic mass is 127. The van der Waals surface area contributed by atoms with Crippen molar-refractivity contribution in [2.45, 2.75) is 32.6 Å². The number of rotatable bonds is 6. The molecule has 0 spiro atoms. The molecule has 1 rings (SSSR count). The second-order valence-corrected chi connectivity index (χ2v) is 4.70. The number of aromatic nitrogens is 2. The molecule has 90 valence electrons. The predicted octanol–water partition coefficient (Wildman–Crippen LogP) is 1.91. The number of halogens is 1. The van der Waals surface area contributed by atoms with Crippen LogP contribution in [0.15, 0.2) is 4.79 Å². The van der Waals surface area contributed by atoms with Crippen molar-refractivity contribution in [2.75, 3.05) is 13.7 Å². The quantitative estimate of drug-likeness (QED) is 0.638. The average molecular weight is 336 g/mol. The molecule has 0 aliphatic heterocycles. The van der Waals surface area contributed by atoms with Gasteiger partial charge in [-0.3, -0.25) is 4.79 Å². The van der Waals surface area contributed by atoms with Gasteiger partial charge in [0.05, 0.1) is 9.26 Å². The van der Waals surface area contributed by atoms with Crippen molar-refractivity contribution < 1.29 is 4.74 Å². The lowest BCUT2D eigenvalue weighted by molar-refractivity contribution is 0.194. The highest BCUT2D eigenvalue weighted by Gasteiger charge is 2.07. The van der Waals surface area contributed by atoms with E-state index >= 15 is 0 Å². The minimum atomic E-state index is -0.0218. The maximum Gasteiger partial charge on any atom is 0.264 e. The van der Waals surface area contributed by atoms with Crippen LogP contribution in [0.4, 0.5) is 0 Å². The Morgan fingerprint density at radius 3 is 2.81 bits per heavy atom. The van der Waals surface area contributed by atoms with Crippen molar-refractivity contribution in [2.24, 2.45) is 0 Å². The molecule has 0 bridgehead atoms. The SMILES string of the molecule is CCCc1nc(CCCOC)[nH]c(=O)c1I. The fraction of sp³-hybridized carbons (Fsp3) is 0.636. The summed E-state index contributed by atoms with van der Waals surface area (Å²) in [5.74, 6) is 0.769. The van der Waals surface area contributed by atoms with Crippen molar-refractivity contribution in [3.63, 3.8) is 0 Å². The molecule has 0 aliphatic carbocycles. The number of nitrogens with one attached hydrogen (secondary N) is 1. The zero-order valence-electron chi connectivity index (χ0n) is 9.68. The molecule has 0 unspecified atom stereocenters. The Balaban J connectivity index is 2.82. The number of aryl methyl sites for hydroxylation is 2. The summed E-state index contributed by atoms with van der Waals surface area (Å²) in [6, 6.07) is 0. The normalized spacial score (nSPS) is 10.7. The maximum atomic E-state index is 11.6. The minimum Gasteiger partial charge on any atom is -0.385 e. The summed E-state index contributed by atoms with van der Waals surface area (Å²) in [7, 11) is 1.67. The van der Waals surface area contributed by atoms with Crippen molar-refractivity contribution in [3.05, 3.63) is 25.4 Å². The van der Waals surface area contributed by atoms with E-state index < -0.39 is 0 Å². The number of aromatic amines is 1. The summed E-state index contributed by atoms with van der Waals surface area (Å²) in [6.07, 6.45) is 3.51. The molecule has 0 atom stereocenters. The molecular weight excluding hydrogens is 319 g/mol. The molecule has 1 heterocycles. The summed E-state index contributed by atoms with van der Waals surface area (Å²) in [4.78, 5) is 18.9. The summed E-state index contributed by atoms with van der Waals surface area (Å²) < 4.78 is 5.69. The van der Waals surface area contributed by atoms with Gasteiger partial charge in [0.25, 0.3) is 5.56 Å². The molecule has 0 saturated carbocycles. The molecule has 0 radical (unpaired) electrons. The number of methoxy groups -OCH3 is 1. The second-order valence-electron chi connectivity index (χ2n) is 3.62. The van der Waals surface area contributed by atoms with Crippen LogP contribution in [0.1, 0.15) is 31.3 Å². The van der Waals surface area contributed by atoms with E-state index in [-0.39, 0.29) is 5.56 Å². The highest BCUT2D eigenvalue weighted by molar-refractivity contribution is 14.1. The second kappa shape index (κ2) is 7.01. The van der Waals surface area contributed by atoms with Gasteiger partial charge in [0.2, 0.25) is 0 Å². The van der Waals surface area contributed by atoms with Crippen LogP contribution >= 0.6 is 22.6 Å². The third-order valence-corrected chi connectivity index (χ3v) is 3.34. The van der Waals surface area contributed by atoms with Gasteiger partial charge in [-0.15, -0.1) is 0 Å². The molecule has 1 aromatic rings. The van der Waals surface area contributed by atoms with Crippen molar-refractivity contribution in [1.82, 2.24) is 9.97 Å². The highest BCUT2D eigenvalue weighted by Crippen LogP contribution is 2.07. The minimum absolute atomic E-state index is 0.0218. The third-order valence-electron chi connectivity index (χ3n) is 2.23. The van der Waals surface area contributed by atoms with E-state index in [4.69, 9.17) is 4.74 Å². The van der Waals surface area contributed by atoms with E-state index in [1.807, 2.05) is 0 Å². The lowest BCUT2D eigenvalue weighted by Crippen LogP contribution is -2.18. The summed E-state index contributed by atoms with van der Waals surface area (Å²) in [5.41, 5.74) is 0.894. The Labute approximate surface area is 109 Å². The predicted molar refractivity (Wildman–Crippen MR) is 71.8 cm³/mol. The molecule has 0 saturated heterocycles. The molecule has 4 nitrogen and oxygen atoms in total. The van der Waals surface area contributed by atoms with Crippen LogP contribution in [0.5, 0.6) is 0 Å². The monoisotopic (exact) mass is 336 g/mol. The van der Waals surface area contributed by atoms with E-state index in [1.165, 1.54) is 0 Å². The summed E-state index contributed by atoms with van der Waals surface area (Å²) in [5, 5.41) is 0. The van der Waals surface area contributed by atoms with Gasteiger partial charge in [0.15, 0.2) is 0 Å². The third kappa shape index (κ3) is 3.86. The van der Waals surface area contributed by atoms with Gasteiger partial charge < -0.3 is 9.72 Å². The Morgan fingerprint density at radius 1 is 1.44 bits per heavy atom. The molecule has 1 N–H and O–H groups in total. The Hall–Kier alpha value is -0.430. The van der Waals surface area contributed by atoms with Crippen LogP contribution in [0.25, 0.3) is 0 Å². The molecule has 5 heteroatoms. The largest absolute Gasteiger partial charge is 0.385 e. The van der Waals surface area contributed by atoms with Crippen molar-refractivity contribution in [1.29, 1.82) is 0 Å². The van der Waals surface area contributed by atoms with Gasteiger partial charge in [-0.2, -0.15) is 0 Å². The maximum absolute atomic E-state index is 11.6. The fourth-order valence-electron chi connectivity index (χ4n) is 1.46. The fourth-order valence-corrected chi connectivity index (χ4v) is 1.99. The molecule has 0 fully saturated rings. The van der Waals surface area contributed by atoms with Crippen LogP contribution < -0.4 is 5.56 Å². The first-order valence-corrected chi connectivity index (χ1v) is 6.53. The molecule has 0 amide bonds. The van der Waals surface area contributed by atoms with E-state index in [1.54, 1.807) is 7.11 Å². The number of nitrogens with zero attached hydrogens (tertiary/aromatic N) is 1. The van der Waals surface area contributed by atoms with E-state index in [0.717, 1.165) is 40.8 Å².